The molecule has 21 heavy (non-hydrogen) atoms. The maximum Gasteiger partial charge on any atom is 0.306 e. The maximum atomic E-state index is 11.1. The van der Waals surface area contributed by atoms with Gasteiger partial charge in [-0.05, 0) is 33.6 Å². The number of aliphatic carboxylic acids is 1. The van der Waals surface area contributed by atoms with Gasteiger partial charge >= 0.3 is 5.97 Å². The first kappa shape index (κ1) is 13.9. The third kappa shape index (κ3) is 2.34. The number of aromatic nitrogens is 2. The van der Waals surface area contributed by atoms with Crippen LogP contribution in [0.1, 0.15) is 30.0 Å². The van der Waals surface area contributed by atoms with Gasteiger partial charge in [0.1, 0.15) is 17.4 Å². The molecule has 3 rings (SSSR count). The summed E-state index contributed by atoms with van der Waals surface area (Å²) in [5.74, 6) is 1.45. The number of furan rings is 1. The second kappa shape index (κ2) is 5.02. The Balaban J connectivity index is 1.99. The molecule has 6 heteroatoms. The summed E-state index contributed by atoms with van der Waals surface area (Å²) in [6.45, 7) is 7.18. The second-order valence-electron chi connectivity index (χ2n) is 5.66. The molecule has 0 spiro atoms. The molecule has 3 heterocycles. The molecule has 1 fully saturated rings. The molecule has 0 bridgehead atoms. The molecule has 1 N–H and O–H groups in total. The van der Waals surface area contributed by atoms with Gasteiger partial charge in [-0.2, -0.15) is 4.98 Å². The summed E-state index contributed by atoms with van der Waals surface area (Å²) in [6, 6.07) is 0. The fourth-order valence-electron chi connectivity index (χ4n) is 2.90. The Bertz CT molecular complexity index is 700. The summed E-state index contributed by atoms with van der Waals surface area (Å²) in [4.78, 5) is 22.1. The smallest absolute Gasteiger partial charge is 0.306 e. The van der Waals surface area contributed by atoms with E-state index in [9.17, 15) is 4.79 Å². The lowest BCUT2D eigenvalue weighted by Crippen LogP contribution is -2.37. The molecule has 0 aliphatic carbocycles. The van der Waals surface area contributed by atoms with Crippen molar-refractivity contribution in [3.05, 3.63) is 17.1 Å². The first-order chi connectivity index (χ1) is 9.97. The number of rotatable bonds is 2. The molecule has 1 aliphatic heterocycles. The fraction of sp³-hybridized carbons (Fsp3) is 0.533. The zero-order chi connectivity index (χ0) is 15.1. The molecule has 1 saturated heterocycles. The maximum absolute atomic E-state index is 11.1. The van der Waals surface area contributed by atoms with Gasteiger partial charge in [0.05, 0.1) is 11.3 Å². The second-order valence-corrected chi connectivity index (χ2v) is 5.66. The summed E-state index contributed by atoms with van der Waals surface area (Å²) in [7, 11) is 0. The van der Waals surface area contributed by atoms with Crippen LogP contribution in [0.2, 0.25) is 0 Å². The van der Waals surface area contributed by atoms with E-state index in [0.29, 0.717) is 37.5 Å². The highest BCUT2D eigenvalue weighted by molar-refractivity contribution is 5.90. The molecule has 0 radical (unpaired) electrons. The number of hydrogen-bond acceptors (Lipinski definition) is 5. The molecule has 0 atom stereocenters. The quantitative estimate of drug-likeness (QED) is 0.914. The van der Waals surface area contributed by atoms with Crippen molar-refractivity contribution in [2.45, 2.75) is 33.6 Å². The van der Waals surface area contributed by atoms with Gasteiger partial charge in [-0.15, -0.1) is 0 Å². The number of anilines is 1. The van der Waals surface area contributed by atoms with E-state index >= 15 is 0 Å². The van der Waals surface area contributed by atoms with Gasteiger partial charge in [0, 0.05) is 18.7 Å². The molecule has 112 valence electrons. The van der Waals surface area contributed by atoms with Gasteiger partial charge in [-0.25, -0.2) is 4.98 Å². The summed E-state index contributed by atoms with van der Waals surface area (Å²) in [6.07, 6.45) is 1.30. The van der Waals surface area contributed by atoms with Crippen LogP contribution in [-0.2, 0) is 4.79 Å². The Labute approximate surface area is 122 Å². The lowest BCUT2D eigenvalue weighted by Gasteiger charge is -2.31. The van der Waals surface area contributed by atoms with Crippen LogP contribution in [-0.4, -0.2) is 34.1 Å². The lowest BCUT2D eigenvalue weighted by molar-refractivity contribution is -0.142. The van der Waals surface area contributed by atoms with Gasteiger partial charge in [-0.1, -0.05) is 0 Å². The van der Waals surface area contributed by atoms with Crippen LogP contribution in [0.3, 0.4) is 0 Å². The molecule has 2 aromatic rings. The number of aryl methyl sites for hydroxylation is 3. The van der Waals surface area contributed by atoms with E-state index in [4.69, 9.17) is 9.52 Å². The summed E-state index contributed by atoms with van der Waals surface area (Å²) >= 11 is 0. The summed E-state index contributed by atoms with van der Waals surface area (Å²) < 4.78 is 5.70. The minimum absolute atomic E-state index is 0.244. The first-order valence-electron chi connectivity index (χ1n) is 7.19. The highest BCUT2D eigenvalue weighted by Crippen LogP contribution is 2.33. The van der Waals surface area contributed by atoms with E-state index in [0.717, 1.165) is 22.5 Å². The normalized spacial score (nSPS) is 16.6. The highest BCUT2D eigenvalue weighted by Gasteiger charge is 2.27. The zero-order valence-electron chi connectivity index (χ0n) is 12.5. The Kier molecular flexibility index (Phi) is 3.31. The average molecular weight is 289 g/mol. The van der Waals surface area contributed by atoms with E-state index in [-0.39, 0.29) is 5.92 Å². The van der Waals surface area contributed by atoms with E-state index in [1.807, 2.05) is 20.8 Å². The average Bonchev–Trinajstić information content (AvgIpc) is 2.73. The zero-order valence-corrected chi connectivity index (χ0v) is 12.5. The van der Waals surface area contributed by atoms with E-state index in [2.05, 4.69) is 14.9 Å². The predicted octanol–water partition coefficient (Wildman–Crippen LogP) is 2.45. The molecule has 0 saturated carbocycles. The van der Waals surface area contributed by atoms with E-state index in [1.54, 1.807) is 0 Å². The van der Waals surface area contributed by atoms with Crippen LogP contribution in [0.5, 0.6) is 0 Å². The molecule has 6 nitrogen and oxygen atoms in total. The molecule has 0 unspecified atom stereocenters. The van der Waals surface area contributed by atoms with Crippen molar-refractivity contribution in [3.63, 3.8) is 0 Å². The molecular weight excluding hydrogens is 270 g/mol. The van der Waals surface area contributed by atoms with Gasteiger partial charge in [0.15, 0.2) is 0 Å². The Morgan fingerprint density at radius 2 is 1.90 bits per heavy atom. The van der Waals surface area contributed by atoms with Gasteiger partial charge < -0.3 is 14.4 Å². The first-order valence-corrected chi connectivity index (χ1v) is 7.19. The minimum Gasteiger partial charge on any atom is -0.481 e. The standard InChI is InChI=1S/C15H19N3O3/c1-8-9(2)21-14-12(8)13(16-10(3)17-14)18-6-4-11(5-7-18)15(19)20/h11H,4-7H2,1-3H3,(H,19,20). The van der Waals surface area contributed by atoms with Crippen molar-refractivity contribution in [1.29, 1.82) is 0 Å². The van der Waals surface area contributed by atoms with Crippen molar-refractivity contribution >= 4 is 22.9 Å². The largest absolute Gasteiger partial charge is 0.481 e. The van der Waals surface area contributed by atoms with Crippen LogP contribution in [0.15, 0.2) is 4.42 Å². The number of hydrogen-bond donors (Lipinski definition) is 1. The summed E-state index contributed by atoms with van der Waals surface area (Å²) in [5, 5.41) is 10.1. The molecule has 0 aromatic carbocycles. The Hall–Kier alpha value is -2.11. The van der Waals surface area contributed by atoms with Crippen molar-refractivity contribution in [2.24, 2.45) is 5.92 Å². The van der Waals surface area contributed by atoms with E-state index < -0.39 is 5.97 Å². The van der Waals surface area contributed by atoms with Crippen molar-refractivity contribution in [3.8, 4) is 0 Å². The number of carboxylic acid groups (broad SMARTS) is 1. The van der Waals surface area contributed by atoms with Crippen LogP contribution >= 0.6 is 0 Å². The number of piperidine rings is 1. The topological polar surface area (TPSA) is 79.5 Å². The van der Waals surface area contributed by atoms with Crippen LogP contribution in [0.4, 0.5) is 5.82 Å². The lowest BCUT2D eigenvalue weighted by atomic mass is 9.97. The number of nitrogens with zero attached hydrogens (tertiary/aromatic N) is 3. The molecule has 1 aliphatic rings. The number of carbonyl (C=O) groups is 1. The SMILES string of the molecule is Cc1nc(N2CCC(C(=O)O)CC2)c2c(C)c(C)oc2n1. The van der Waals surface area contributed by atoms with Crippen LogP contribution < -0.4 is 4.90 Å². The minimum atomic E-state index is -0.700. The highest BCUT2D eigenvalue weighted by atomic mass is 16.4. The van der Waals surface area contributed by atoms with Crippen molar-refractivity contribution in [2.75, 3.05) is 18.0 Å². The number of fused-ring (bicyclic) bond motifs is 1. The Morgan fingerprint density at radius 1 is 1.24 bits per heavy atom. The fourth-order valence-corrected chi connectivity index (χ4v) is 2.90. The number of carboxylic acids is 1. The van der Waals surface area contributed by atoms with E-state index in [1.165, 1.54) is 0 Å². The monoisotopic (exact) mass is 289 g/mol. The van der Waals surface area contributed by atoms with Crippen molar-refractivity contribution < 1.29 is 14.3 Å². The van der Waals surface area contributed by atoms with Crippen molar-refractivity contribution in [1.82, 2.24) is 9.97 Å². The van der Waals surface area contributed by atoms with Crippen LogP contribution in [0.25, 0.3) is 11.1 Å². The molecule has 0 amide bonds. The third-order valence-electron chi connectivity index (χ3n) is 4.27. The Morgan fingerprint density at radius 3 is 2.52 bits per heavy atom. The molecule has 2 aromatic heterocycles. The third-order valence-corrected chi connectivity index (χ3v) is 4.27. The van der Waals surface area contributed by atoms with Gasteiger partial charge in [0.2, 0.25) is 5.71 Å². The molecular formula is C15H19N3O3. The predicted molar refractivity (Wildman–Crippen MR) is 78.6 cm³/mol. The van der Waals surface area contributed by atoms with Gasteiger partial charge in [-0.3, -0.25) is 4.79 Å². The summed E-state index contributed by atoms with van der Waals surface area (Å²) in [5.41, 5.74) is 1.67. The van der Waals surface area contributed by atoms with Crippen LogP contribution in [0, 0.1) is 26.7 Å². The van der Waals surface area contributed by atoms with Gasteiger partial charge in [0.25, 0.3) is 0 Å².